The lowest BCUT2D eigenvalue weighted by atomic mass is 10.1. The Morgan fingerprint density at radius 2 is 2.00 bits per heavy atom. The number of hydrogen-bond donors (Lipinski definition) is 1. The zero-order valence-corrected chi connectivity index (χ0v) is 14.3. The van der Waals surface area contributed by atoms with Gasteiger partial charge in [0.15, 0.2) is 5.13 Å². The molecule has 0 fully saturated rings. The summed E-state index contributed by atoms with van der Waals surface area (Å²) in [6, 6.07) is 14.3. The first-order chi connectivity index (χ1) is 11.1. The van der Waals surface area contributed by atoms with Gasteiger partial charge in [0.25, 0.3) is 5.91 Å². The van der Waals surface area contributed by atoms with Gasteiger partial charge in [0.2, 0.25) is 0 Å². The Morgan fingerprint density at radius 3 is 2.78 bits per heavy atom. The molecule has 0 atom stereocenters. The van der Waals surface area contributed by atoms with Gasteiger partial charge in [0.1, 0.15) is 5.82 Å². The van der Waals surface area contributed by atoms with Gasteiger partial charge >= 0.3 is 0 Å². The number of aromatic nitrogens is 1. The Kier molecular flexibility index (Phi) is 4.83. The number of carbonyl (C=O) groups excluding carboxylic acids is 1. The number of nitrogens with zero attached hydrogens (tertiary/aromatic N) is 1. The van der Waals surface area contributed by atoms with Crippen LogP contribution in [-0.4, -0.2) is 10.9 Å². The van der Waals surface area contributed by atoms with Crippen molar-refractivity contribution in [3.05, 3.63) is 81.0 Å². The highest BCUT2D eigenvalue weighted by atomic mass is 79.9. The number of carbonyl (C=O) groups is 1. The molecule has 3 nitrogen and oxygen atoms in total. The fourth-order valence-corrected chi connectivity index (χ4v) is 3.28. The second kappa shape index (κ2) is 7.02. The van der Waals surface area contributed by atoms with Crippen LogP contribution in [0.15, 0.2) is 59.2 Å². The third-order valence-electron chi connectivity index (χ3n) is 3.17. The van der Waals surface area contributed by atoms with E-state index in [9.17, 15) is 9.18 Å². The standard InChI is InChI=1S/C17H12BrFN2OS/c18-12-6-7-15(19)14(9-12)16(22)21-17-20-10-13(23-17)8-11-4-2-1-3-5-11/h1-7,9-10H,8H2,(H,20,21,22). The van der Waals surface area contributed by atoms with Gasteiger partial charge in [-0.2, -0.15) is 0 Å². The number of nitrogens with one attached hydrogen (secondary N) is 1. The average molecular weight is 391 g/mol. The lowest BCUT2D eigenvalue weighted by molar-refractivity contribution is 0.102. The van der Waals surface area contributed by atoms with Crippen LogP contribution >= 0.6 is 27.3 Å². The van der Waals surface area contributed by atoms with E-state index >= 15 is 0 Å². The first kappa shape index (κ1) is 15.8. The number of benzene rings is 2. The molecule has 1 heterocycles. The third-order valence-corrected chi connectivity index (χ3v) is 4.57. The molecule has 0 radical (unpaired) electrons. The van der Waals surface area contributed by atoms with Crippen molar-refractivity contribution < 1.29 is 9.18 Å². The SMILES string of the molecule is O=C(Nc1ncc(Cc2ccccc2)s1)c1cc(Br)ccc1F. The Labute approximate surface area is 145 Å². The highest BCUT2D eigenvalue weighted by Crippen LogP contribution is 2.23. The molecule has 1 aromatic heterocycles. The van der Waals surface area contributed by atoms with Gasteiger partial charge in [0.05, 0.1) is 5.56 Å². The summed E-state index contributed by atoms with van der Waals surface area (Å²) in [7, 11) is 0. The van der Waals surface area contributed by atoms with E-state index in [0.717, 1.165) is 11.3 Å². The van der Waals surface area contributed by atoms with Gasteiger partial charge in [-0.05, 0) is 23.8 Å². The quantitative estimate of drug-likeness (QED) is 0.688. The summed E-state index contributed by atoms with van der Waals surface area (Å²) in [6.45, 7) is 0. The number of amides is 1. The summed E-state index contributed by atoms with van der Waals surface area (Å²) in [5.74, 6) is -1.07. The van der Waals surface area contributed by atoms with Crippen molar-refractivity contribution in [3.63, 3.8) is 0 Å². The molecule has 0 aliphatic carbocycles. The van der Waals surface area contributed by atoms with Crippen LogP contribution in [0.5, 0.6) is 0 Å². The summed E-state index contributed by atoms with van der Waals surface area (Å²) < 4.78 is 14.4. The van der Waals surface area contributed by atoms with Crippen molar-refractivity contribution in [1.29, 1.82) is 0 Å². The van der Waals surface area contributed by atoms with Crippen molar-refractivity contribution in [2.24, 2.45) is 0 Å². The maximum Gasteiger partial charge on any atom is 0.260 e. The van der Waals surface area contributed by atoms with E-state index in [1.165, 1.54) is 29.0 Å². The second-order valence-corrected chi connectivity index (χ2v) is 6.90. The number of thiazole rings is 1. The Bertz CT molecular complexity index is 836. The largest absolute Gasteiger partial charge is 0.298 e. The van der Waals surface area contributed by atoms with Crippen molar-refractivity contribution in [1.82, 2.24) is 4.98 Å². The molecular formula is C17H12BrFN2OS. The van der Waals surface area contributed by atoms with Crippen LogP contribution < -0.4 is 5.32 Å². The lowest BCUT2D eigenvalue weighted by Crippen LogP contribution is -2.13. The Morgan fingerprint density at radius 1 is 1.22 bits per heavy atom. The molecule has 3 aromatic rings. The summed E-state index contributed by atoms with van der Waals surface area (Å²) in [5.41, 5.74) is 1.16. The molecule has 0 saturated carbocycles. The van der Waals surface area contributed by atoms with Gasteiger partial charge in [-0.3, -0.25) is 10.1 Å². The molecule has 0 aliphatic rings. The minimum atomic E-state index is -0.563. The van der Waals surface area contributed by atoms with Gasteiger partial charge in [0, 0.05) is 22.0 Å². The van der Waals surface area contributed by atoms with Crippen molar-refractivity contribution in [2.45, 2.75) is 6.42 Å². The summed E-state index contributed by atoms with van der Waals surface area (Å²) in [6.07, 6.45) is 2.48. The first-order valence-electron chi connectivity index (χ1n) is 6.87. The average Bonchev–Trinajstić information content (AvgIpc) is 2.97. The number of anilines is 1. The van der Waals surface area contributed by atoms with E-state index < -0.39 is 11.7 Å². The van der Waals surface area contributed by atoms with Crippen LogP contribution in [-0.2, 0) is 6.42 Å². The molecular weight excluding hydrogens is 379 g/mol. The van der Waals surface area contributed by atoms with Crippen molar-refractivity contribution in [2.75, 3.05) is 5.32 Å². The predicted octanol–water partition coefficient (Wildman–Crippen LogP) is 4.89. The normalized spacial score (nSPS) is 10.5. The topological polar surface area (TPSA) is 42.0 Å². The zero-order valence-electron chi connectivity index (χ0n) is 11.9. The van der Waals surface area contributed by atoms with Gasteiger partial charge in [-0.15, -0.1) is 11.3 Å². The summed E-state index contributed by atoms with van der Waals surface area (Å²) >= 11 is 4.62. The maximum atomic E-state index is 13.7. The molecule has 0 unspecified atom stereocenters. The van der Waals surface area contributed by atoms with Crippen LogP contribution in [0.1, 0.15) is 20.8 Å². The van der Waals surface area contributed by atoms with E-state index in [1.54, 1.807) is 12.3 Å². The molecule has 6 heteroatoms. The molecule has 0 aliphatic heterocycles. The molecule has 116 valence electrons. The maximum absolute atomic E-state index is 13.7. The molecule has 1 N–H and O–H groups in total. The summed E-state index contributed by atoms with van der Waals surface area (Å²) in [5, 5.41) is 3.10. The van der Waals surface area contributed by atoms with E-state index in [0.29, 0.717) is 9.60 Å². The van der Waals surface area contributed by atoms with Crippen molar-refractivity contribution in [3.8, 4) is 0 Å². The van der Waals surface area contributed by atoms with Crippen LogP contribution in [0.3, 0.4) is 0 Å². The molecule has 2 aromatic carbocycles. The zero-order chi connectivity index (χ0) is 16.2. The van der Waals surface area contributed by atoms with Crippen LogP contribution in [0.4, 0.5) is 9.52 Å². The van der Waals surface area contributed by atoms with E-state index in [4.69, 9.17) is 0 Å². The molecule has 3 rings (SSSR count). The minimum Gasteiger partial charge on any atom is -0.298 e. The van der Waals surface area contributed by atoms with Crippen LogP contribution in [0.2, 0.25) is 0 Å². The fraction of sp³-hybridized carbons (Fsp3) is 0.0588. The van der Waals surface area contributed by atoms with Crippen LogP contribution in [0, 0.1) is 5.82 Å². The highest BCUT2D eigenvalue weighted by Gasteiger charge is 2.14. The smallest absolute Gasteiger partial charge is 0.260 e. The predicted molar refractivity (Wildman–Crippen MR) is 93.4 cm³/mol. The number of rotatable bonds is 4. The minimum absolute atomic E-state index is 0.0146. The first-order valence-corrected chi connectivity index (χ1v) is 8.48. The van der Waals surface area contributed by atoms with Gasteiger partial charge < -0.3 is 0 Å². The van der Waals surface area contributed by atoms with E-state index in [-0.39, 0.29) is 5.56 Å². The van der Waals surface area contributed by atoms with E-state index in [1.807, 2.05) is 30.3 Å². The number of halogens is 2. The van der Waals surface area contributed by atoms with Crippen molar-refractivity contribution >= 4 is 38.3 Å². The summed E-state index contributed by atoms with van der Waals surface area (Å²) in [4.78, 5) is 17.4. The molecule has 0 spiro atoms. The van der Waals surface area contributed by atoms with Gasteiger partial charge in [-0.25, -0.2) is 9.37 Å². The molecule has 0 saturated heterocycles. The molecule has 0 bridgehead atoms. The monoisotopic (exact) mass is 390 g/mol. The fourth-order valence-electron chi connectivity index (χ4n) is 2.08. The highest BCUT2D eigenvalue weighted by molar-refractivity contribution is 9.10. The molecule has 1 amide bonds. The number of hydrogen-bond acceptors (Lipinski definition) is 3. The molecule has 23 heavy (non-hydrogen) atoms. The van der Waals surface area contributed by atoms with Gasteiger partial charge in [-0.1, -0.05) is 46.3 Å². The Balaban J connectivity index is 1.71. The van der Waals surface area contributed by atoms with Crippen LogP contribution in [0.25, 0.3) is 0 Å². The Hall–Kier alpha value is -2.05. The van der Waals surface area contributed by atoms with E-state index in [2.05, 4.69) is 26.2 Å². The lowest BCUT2D eigenvalue weighted by Gasteiger charge is -2.03. The second-order valence-electron chi connectivity index (χ2n) is 4.87. The third kappa shape index (κ3) is 4.03.